The molecule has 1 aliphatic rings. The zero-order valence-corrected chi connectivity index (χ0v) is 22.8. The Morgan fingerprint density at radius 3 is 2.76 bits per heavy atom. The lowest BCUT2D eigenvalue weighted by molar-refractivity contribution is -0.115. The number of aliphatic hydroxyl groups is 1. The average molecular weight is 534 g/mol. The molecule has 1 fully saturated rings. The van der Waals surface area contributed by atoms with Crippen LogP contribution in [-0.2, 0) is 11.2 Å². The van der Waals surface area contributed by atoms with Gasteiger partial charge in [-0.05, 0) is 57.4 Å². The van der Waals surface area contributed by atoms with Gasteiger partial charge >= 0.3 is 0 Å². The van der Waals surface area contributed by atoms with Crippen LogP contribution in [0.25, 0.3) is 0 Å². The van der Waals surface area contributed by atoms with Gasteiger partial charge in [0.05, 0.1) is 13.5 Å². The highest BCUT2D eigenvalue weighted by molar-refractivity contribution is 7.19. The number of likely N-dealkylation sites (tertiary alicyclic amines) is 1. The van der Waals surface area contributed by atoms with Crippen LogP contribution >= 0.6 is 11.3 Å². The second-order valence-corrected chi connectivity index (χ2v) is 9.25. The summed E-state index contributed by atoms with van der Waals surface area (Å²) in [6, 6.07) is 4.53. The number of hydrogen-bond acceptors (Lipinski definition) is 9. The molecule has 0 radical (unpaired) electrons. The van der Waals surface area contributed by atoms with E-state index < -0.39 is 5.82 Å². The van der Waals surface area contributed by atoms with Crippen molar-refractivity contribution in [3.63, 3.8) is 0 Å². The minimum absolute atomic E-state index is 0.0749. The van der Waals surface area contributed by atoms with Gasteiger partial charge in [-0.2, -0.15) is 5.10 Å². The molecule has 1 saturated heterocycles. The highest BCUT2D eigenvalue weighted by Gasteiger charge is 2.24. The van der Waals surface area contributed by atoms with Gasteiger partial charge in [-0.15, -0.1) is 15.3 Å². The molecule has 3 N–H and O–H groups in total. The van der Waals surface area contributed by atoms with E-state index in [4.69, 9.17) is 9.84 Å². The molecule has 1 atom stereocenters. The Balaban J connectivity index is 0.00000153. The van der Waals surface area contributed by atoms with Crippen LogP contribution in [-0.4, -0.2) is 71.0 Å². The zero-order valence-electron chi connectivity index (χ0n) is 22.0. The SMILES string of the molecule is CC/C(C)=C/C=N\N=C(/C)N1CCC(Nc2nnc(NC(=O)Cc3ccc(F)c(OC)c3)s2)C1.CCO. The molecule has 2 aromatic rings. The summed E-state index contributed by atoms with van der Waals surface area (Å²) in [5, 5.41) is 31.3. The molecule has 1 aromatic heterocycles. The van der Waals surface area contributed by atoms with E-state index in [0.29, 0.717) is 15.8 Å². The first-order valence-corrected chi connectivity index (χ1v) is 12.9. The van der Waals surface area contributed by atoms with Gasteiger partial charge in [0, 0.05) is 32.0 Å². The van der Waals surface area contributed by atoms with Crippen molar-refractivity contribution in [1.29, 1.82) is 0 Å². The summed E-state index contributed by atoms with van der Waals surface area (Å²) < 4.78 is 18.5. The summed E-state index contributed by atoms with van der Waals surface area (Å²) in [4.78, 5) is 14.5. The number of nitrogens with one attached hydrogen (secondary N) is 2. The third kappa shape index (κ3) is 10.3. The maximum atomic E-state index is 13.5. The number of aromatic nitrogens is 2. The molecule has 1 amide bonds. The average Bonchev–Trinajstić information content (AvgIpc) is 3.53. The van der Waals surface area contributed by atoms with Gasteiger partial charge in [0.15, 0.2) is 11.6 Å². The van der Waals surface area contributed by atoms with Crippen LogP contribution in [0.4, 0.5) is 14.7 Å². The van der Waals surface area contributed by atoms with Crippen LogP contribution in [0.3, 0.4) is 0 Å². The minimum Gasteiger partial charge on any atom is -0.494 e. The van der Waals surface area contributed by atoms with Gasteiger partial charge in [0.1, 0.15) is 5.84 Å². The third-order valence-corrected chi connectivity index (χ3v) is 6.18. The Morgan fingerprint density at radius 1 is 1.32 bits per heavy atom. The van der Waals surface area contributed by atoms with Crippen LogP contribution in [0.15, 0.2) is 40.1 Å². The highest BCUT2D eigenvalue weighted by atomic mass is 32.1. The van der Waals surface area contributed by atoms with Crippen molar-refractivity contribution in [2.45, 2.75) is 53.0 Å². The lowest BCUT2D eigenvalue weighted by Gasteiger charge is -2.17. The molecule has 1 aromatic carbocycles. The summed E-state index contributed by atoms with van der Waals surface area (Å²) in [5.74, 6) is 0.240. The second kappa shape index (κ2) is 15.7. The van der Waals surface area contributed by atoms with Crippen molar-refractivity contribution < 1.29 is 19.0 Å². The van der Waals surface area contributed by atoms with Crippen LogP contribution in [0.2, 0.25) is 0 Å². The number of carbonyl (C=O) groups is 1. The molecule has 37 heavy (non-hydrogen) atoms. The predicted octanol–water partition coefficient (Wildman–Crippen LogP) is 4.11. The maximum absolute atomic E-state index is 13.5. The van der Waals surface area contributed by atoms with Crippen LogP contribution in [0.1, 0.15) is 46.1 Å². The normalized spacial score (nSPS) is 16.0. The van der Waals surface area contributed by atoms with E-state index in [9.17, 15) is 9.18 Å². The number of halogens is 1. The molecular weight excluding hydrogens is 497 g/mol. The van der Waals surface area contributed by atoms with Crippen LogP contribution in [0, 0.1) is 5.82 Å². The number of benzene rings is 1. The molecular formula is C25H36FN7O3S. The molecule has 202 valence electrons. The zero-order chi connectivity index (χ0) is 27.2. The molecule has 0 spiro atoms. The molecule has 0 aliphatic carbocycles. The topological polar surface area (TPSA) is 124 Å². The lowest BCUT2D eigenvalue weighted by atomic mass is 10.1. The molecule has 10 nitrogen and oxygen atoms in total. The van der Waals surface area contributed by atoms with E-state index in [1.165, 1.54) is 36.2 Å². The Labute approximate surface area is 221 Å². The monoisotopic (exact) mass is 533 g/mol. The lowest BCUT2D eigenvalue weighted by Crippen LogP contribution is -2.29. The fourth-order valence-electron chi connectivity index (χ4n) is 3.30. The first-order valence-electron chi connectivity index (χ1n) is 12.1. The van der Waals surface area contributed by atoms with E-state index in [2.05, 4.69) is 49.8 Å². The predicted molar refractivity (Wildman–Crippen MR) is 147 cm³/mol. The number of amidine groups is 1. The molecule has 2 heterocycles. The quantitative estimate of drug-likeness (QED) is 0.252. The molecule has 3 rings (SSSR count). The van der Waals surface area contributed by atoms with E-state index >= 15 is 0 Å². The number of aliphatic hydroxyl groups excluding tert-OH is 1. The maximum Gasteiger partial charge on any atom is 0.230 e. The van der Waals surface area contributed by atoms with E-state index in [1.54, 1.807) is 19.2 Å². The van der Waals surface area contributed by atoms with Gasteiger partial charge in [0.25, 0.3) is 0 Å². The number of hydrogen-bond donors (Lipinski definition) is 3. The van der Waals surface area contributed by atoms with Crippen LogP contribution < -0.4 is 15.4 Å². The second-order valence-electron chi connectivity index (χ2n) is 8.28. The Bertz CT molecular complexity index is 1100. The summed E-state index contributed by atoms with van der Waals surface area (Å²) in [7, 11) is 1.39. The molecule has 0 bridgehead atoms. The first kappa shape index (κ1) is 29.8. The van der Waals surface area contributed by atoms with Crippen molar-refractivity contribution in [2.75, 3.05) is 37.4 Å². The van der Waals surface area contributed by atoms with Gasteiger partial charge in [-0.25, -0.2) is 4.39 Å². The molecule has 1 aliphatic heterocycles. The van der Waals surface area contributed by atoms with Crippen LogP contribution in [0.5, 0.6) is 5.75 Å². The molecule has 0 saturated carbocycles. The molecule has 1 unspecified atom stereocenters. The van der Waals surface area contributed by atoms with Crippen molar-refractivity contribution >= 4 is 39.6 Å². The summed E-state index contributed by atoms with van der Waals surface area (Å²) in [5.41, 5.74) is 1.90. The fourth-order valence-corrected chi connectivity index (χ4v) is 4.04. The summed E-state index contributed by atoms with van der Waals surface area (Å²) >= 11 is 1.27. The van der Waals surface area contributed by atoms with E-state index in [-0.39, 0.29) is 30.7 Å². The number of carbonyl (C=O) groups excluding carboxylic acids is 1. The van der Waals surface area contributed by atoms with Crippen molar-refractivity contribution in [3.8, 4) is 5.75 Å². The minimum atomic E-state index is -0.467. The number of allylic oxidation sites excluding steroid dienone is 2. The first-order chi connectivity index (χ1) is 17.8. The smallest absolute Gasteiger partial charge is 0.230 e. The highest BCUT2D eigenvalue weighted by Crippen LogP contribution is 2.24. The van der Waals surface area contributed by atoms with Crippen molar-refractivity contribution in [3.05, 3.63) is 41.2 Å². The van der Waals surface area contributed by atoms with Gasteiger partial charge in [0.2, 0.25) is 16.2 Å². The van der Waals surface area contributed by atoms with Crippen molar-refractivity contribution in [2.24, 2.45) is 10.2 Å². The van der Waals surface area contributed by atoms with E-state index in [1.807, 2.05) is 13.0 Å². The Hall–Kier alpha value is -3.38. The van der Waals surface area contributed by atoms with Gasteiger partial charge in [-0.1, -0.05) is 29.9 Å². The van der Waals surface area contributed by atoms with Gasteiger partial charge in [-0.3, -0.25) is 4.79 Å². The number of nitrogens with zero attached hydrogens (tertiary/aromatic N) is 5. The number of methoxy groups -OCH3 is 1. The van der Waals surface area contributed by atoms with E-state index in [0.717, 1.165) is 31.8 Å². The standard InChI is InChI=1S/C23H30FN7O2S.C2H6O/c1-5-15(2)8-10-25-28-16(3)31-11-9-18(14-31)26-22-29-30-23(34-22)27-21(32)13-17-6-7-19(24)20(12-17)33-4;1-2-3/h6-8,10,12,18H,5,9,11,13-14H2,1-4H3,(H,26,29)(H,27,30,32);3H,2H2,1H3/b15-8+,25-10-,28-16+;. The number of amides is 1. The number of anilines is 2. The van der Waals surface area contributed by atoms with Crippen molar-refractivity contribution in [1.82, 2.24) is 15.1 Å². The Morgan fingerprint density at radius 2 is 2.05 bits per heavy atom. The van der Waals surface area contributed by atoms with Gasteiger partial charge < -0.3 is 25.4 Å². The third-order valence-electron chi connectivity index (χ3n) is 5.41. The number of ether oxygens (including phenoxy) is 1. The fraction of sp³-hybridized carbons (Fsp3) is 0.480. The number of rotatable bonds is 9. The molecule has 12 heteroatoms. The summed E-state index contributed by atoms with van der Waals surface area (Å²) in [6.07, 6.45) is 5.68. The Kier molecular flexibility index (Phi) is 12.6. The summed E-state index contributed by atoms with van der Waals surface area (Å²) in [6.45, 7) is 9.70. The largest absolute Gasteiger partial charge is 0.494 e.